The molecule has 0 spiro atoms. The van der Waals surface area contributed by atoms with Crippen LogP contribution in [0.4, 0.5) is 0 Å². The van der Waals surface area contributed by atoms with Gasteiger partial charge in [0.15, 0.2) is 0 Å². The zero-order valence-electron chi connectivity index (χ0n) is 15.9. The normalized spacial score (nSPS) is 12.0. The first-order valence-corrected chi connectivity index (χ1v) is 10.5. The van der Waals surface area contributed by atoms with E-state index in [1.165, 1.54) is 30.1 Å². The SMILES string of the molecule is COC(=O)[C@H](Cc1ccccc1)NC(=O)CSc1ncnc2sc(C)c(C)c12. The van der Waals surface area contributed by atoms with E-state index in [0.717, 1.165) is 26.4 Å². The number of esters is 1. The molecule has 146 valence electrons. The Balaban J connectivity index is 1.67. The molecule has 0 unspecified atom stereocenters. The van der Waals surface area contributed by atoms with Crippen LogP contribution in [0.25, 0.3) is 10.2 Å². The molecule has 3 rings (SSSR count). The molecule has 0 bridgehead atoms. The van der Waals surface area contributed by atoms with Gasteiger partial charge in [0.1, 0.15) is 22.2 Å². The molecule has 1 N–H and O–H groups in total. The number of hydrogen-bond donors (Lipinski definition) is 1. The monoisotopic (exact) mass is 415 g/mol. The van der Waals surface area contributed by atoms with Gasteiger partial charge in [0.2, 0.25) is 5.91 Å². The molecule has 2 heterocycles. The number of fused-ring (bicyclic) bond motifs is 1. The number of nitrogens with zero attached hydrogens (tertiary/aromatic N) is 2. The Morgan fingerprint density at radius 3 is 2.68 bits per heavy atom. The first-order chi connectivity index (χ1) is 13.5. The van der Waals surface area contributed by atoms with Gasteiger partial charge < -0.3 is 10.1 Å². The number of ether oxygens (including phenoxy) is 1. The number of nitrogens with one attached hydrogen (secondary N) is 1. The van der Waals surface area contributed by atoms with Crippen LogP contribution >= 0.6 is 23.1 Å². The maximum Gasteiger partial charge on any atom is 0.328 e. The van der Waals surface area contributed by atoms with Gasteiger partial charge in [-0.2, -0.15) is 0 Å². The van der Waals surface area contributed by atoms with Gasteiger partial charge >= 0.3 is 5.97 Å². The van der Waals surface area contributed by atoms with E-state index in [1.807, 2.05) is 44.2 Å². The highest BCUT2D eigenvalue weighted by atomic mass is 32.2. The number of aryl methyl sites for hydroxylation is 2. The van der Waals surface area contributed by atoms with Crippen molar-refractivity contribution in [3.05, 3.63) is 52.7 Å². The lowest BCUT2D eigenvalue weighted by Crippen LogP contribution is -2.43. The first-order valence-electron chi connectivity index (χ1n) is 8.74. The fraction of sp³-hybridized carbons (Fsp3) is 0.300. The molecule has 1 aromatic carbocycles. The largest absolute Gasteiger partial charge is 0.467 e. The number of rotatable bonds is 7. The Hall–Kier alpha value is -2.45. The highest BCUT2D eigenvalue weighted by Crippen LogP contribution is 2.34. The van der Waals surface area contributed by atoms with Crippen molar-refractivity contribution < 1.29 is 14.3 Å². The number of thioether (sulfide) groups is 1. The van der Waals surface area contributed by atoms with Gasteiger partial charge in [-0.15, -0.1) is 11.3 Å². The average Bonchev–Trinajstić information content (AvgIpc) is 3.00. The number of amides is 1. The second-order valence-electron chi connectivity index (χ2n) is 6.26. The molecule has 3 aromatic rings. The second-order valence-corrected chi connectivity index (χ2v) is 8.43. The molecule has 0 saturated heterocycles. The Labute approximate surface area is 171 Å². The van der Waals surface area contributed by atoms with Crippen LogP contribution in [0, 0.1) is 13.8 Å². The predicted molar refractivity (Wildman–Crippen MR) is 112 cm³/mol. The fourth-order valence-electron chi connectivity index (χ4n) is 2.81. The molecule has 1 amide bonds. The van der Waals surface area contributed by atoms with E-state index in [9.17, 15) is 9.59 Å². The highest BCUT2D eigenvalue weighted by Gasteiger charge is 2.22. The third-order valence-corrected chi connectivity index (χ3v) is 6.48. The molecule has 1 atom stereocenters. The van der Waals surface area contributed by atoms with Crippen LogP contribution in [-0.4, -0.2) is 40.7 Å². The van der Waals surface area contributed by atoms with Gasteiger partial charge in [-0.25, -0.2) is 14.8 Å². The summed E-state index contributed by atoms with van der Waals surface area (Å²) in [6.45, 7) is 4.09. The molecular formula is C20H21N3O3S2. The van der Waals surface area contributed by atoms with Crippen molar-refractivity contribution in [2.45, 2.75) is 31.3 Å². The van der Waals surface area contributed by atoms with Crippen molar-refractivity contribution in [3.8, 4) is 0 Å². The Bertz CT molecular complexity index is 989. The number of carbonyl (C=O) groups is 2. The number of methoxy groups -OCH3 is 1. The summed E-state index contributed by atoms with van der Waals surface area (Å²) in [4.78, 5) is 35.3. The topological polar surface area (TPSA) is 81.2 Å². The summed E-state index contributed by atoms with van der Waals surface area (Å²) in [5.41, 5.74) is 2.09. The van der Waals surface area contributed by atoms with E-state index < -0.39 is 12.0 Å². The van der Waals surface area contributed by atoms with E-state index in [-0.39, 0.29) is 11.7 Å². The molecule has 28 heavy (non-hydrogen) atoms. The molecule has 0 saturated carbocycles. The van der Waals surface area contributed by atoms with Gasteiger partial charge in [-0.3, -0.25) is 4.79 Å². The van der Waals surface area contributed by atoms with Gasteiger partial charge in [0.05, 0.1) is 12.9 Å². The molecule has 0 fully saturated rings. The van der Waals surface area contributed by atoms with Crippen molar-refractivity contribution in [2.24, 2.45) is 0 Å². The number of thiophene rings is 1. The molecule has 2 aromatic heterocycles. The van der Waals surface area contributed by atoms with Crippen molar-refractivity contribution >= 4 is 45.2 Å². The smallest absolute Gasteiger partial charge is 0.328 e. The number of aromatic nitrogens is 2. The summed E-state index contributed by atoms with van der Waals surface area (Å²) < 4.78 is 4.84. The second kappa shape index (κ2) is 9.16. The molecule has 0 aliphatic carbocycles. The number of hydrogen-bond acceptors (Lipinski definition) is 7. The quantitative estimate of drug-likeness (QED) is 0.362. The molecule has 8 heteroatoms. The summed E-state index contributed by atoms with van der Waals surface area (Å²) >= 11 is 2.96. The van der Waals surface area contributed by atoms with Gasteiger partial charge in [-0.05, 0) is 25.0 Å². The Morgan fingerprint density at radius 2 is 1.96 bits per heavy atom. The molecule has 0 aliphatic rings. The van der Waals surface area contributed by atoms with E-state index >= 15 is 0 Å². The summed E-state index contributed by atoms with van der Waals surface area (Å²) in [5.74, 6) is -0.549. The minimum Gasteiger partial charge on any atom is -0.467 e. The van der Waals surface area contributed by atoms with Crippen molar-refractivity contribution in [2.75, 3.05) is 12.9 Å². The highest BCUT2D eigenvalue weighted by molar-refractivity contribution is 8.00. The van der Waals surface area contributed by atoms with Crippen LogP contribution in [0.2, 0.25) is 0 Å². The van der Waals surface area contributed by atoms with Gasteiger partial charge in [0, 0.05) is 16.7 Å². The maximum atomic E-state index is 12.5. The molecule has 0 radical (unpaired) electrons. The minimum absolute atomic E-state index is 0.155. The Morgan fingerprint density at radius 1 is 1.21 bits per heavy atom. The number of benzene rings is 1. The third-order valence-electron chi connectivity index (χ3n) is 4.37. The zero-order valence-corrected chi connectivity index (χ0v) is 17.5. The van der Waals surface area contributed by atoms with Crippen LogP contribution in [-0.2, 0) is 20.7 Å². The minimum atomic E-state index is -0.726. The zero-order chi connectivity index (χ0) is 20.1. The van der Waals surface area contributed by atoms with E-state index in [1.54, 1.807) is 11.3 Å². The van der Waals surface area contributed by atoms with Gasteiger partial charge in [0.25, 0.3) is 0 Å². The van der Waals surface area contributed by atoms with Crippen LogP contribution < -0.4 is 5.32 Å². The summed E-state index contributed by atoms with van der Waals surface area (Å²) in [5, 5.41) is 4.55. The summed E-state index contributed by atoms with van der Waals surface area (Å²) in [7, 11) is 1.32. The van der Waals surface area contributed by atoms with Crippen LogP contribution in [0.1, 0.15) is 16.0 Å². The van der Waals surface area contributed by atoms with E-state index in [2.05, 4.69) is 15.3 Å². The average molecular weight is 416 g/mol. The summed E-state index contributed by atoms with van der Waals surface area (Å²) in [6.07, 6.45) is 1.90. The molecule has 0 aliphatic heterocycles. The van der Waals surface area contributed by atoms with Gasteiger partial charge in [-0.1, -0.05) is 42.1 Å². The lowest BCUT2D eigenvalue weighted by atomic mass is 10.1. The predicted octanol–water partition coefficient (Wildman–Crippen LogP) is 3.30. The standard InChI is InChI=1S/C20H21N3O3S2/c1-12-13(2)28-19-17(12)18(21-11-22-19)27-10-16(24)23-15(20(25)26-3)9-14-7-5-4-6-8-14/h4-8,11,15H,9-10H2,1-3H3,(H,23,24)/t15-/m0/s1. The lowest BCUT2D eigenvalue weighted by molar-refractivity contribution is -0.144. The van der Waals surface area contributed by atoms with E-state index in [0.29, 0.717) is 6.42 Å². The Kier molecular flexibility index (Phi) is 6.64. The van der Waals surface area contributed by atoms with Crippen molar-refractivity contribution in [1.29, 1.82) is 0 Å². The van der Waals surface area contributed by atoms with Crippen LogP contribution in [0.3, 0.4) is 0 Å². The lowest BCUT2D eigenvalue weighted by Gasteiger charge is -2.16. The molecule has 6 nitrogen and oxygen atoms in total. The summed E-state index contributed by atoms with van der Waals surface area (Å²) in [6, 6.07) is 8.80. The fourth-order valence-corrected chi connectivity index (χ4v) is 4.74. The van der Waals surface area contributed by atoms with E-state index in [4.69, 9.17) is 4.74 Å². The number of carbonyl (C=O) groups excluding carboxylic acids is 2. The van der Waals surface area contributed by atoms with Crippen molar-refractivity contribution in [3.63, 3.8) is 0 Å². The first kappa shape index (κ1) is 20.3. The molecular weight excluding hydrogens is 394 g/mol. The van der Waals surface area contributed by atoms with Crippen LogP contribution in [0.5, 0.6) is 0 Å². The van der Waals surface area contributed by atoms with Crippen molar-refractivity contribution in [1.82, 2.24) is 15.3 Å². The van der Waals surface area contributed by atoms with Crippen LogP contribution in [0.15, 0.2) is 41.7 Å². The third kappa shape index (κ3) is 4.69. The maximum absolute atomic E-state index is 12.5.